The number of nitrogens with two attached hydrogens (primary N) is 1. The van der Waals surface area contributed by atoms with E-state index in [4.69, 9.17) is 5.73 Å². The Balaban J connectivity index is 2.40. The lowest BCUT2D eigenvalue weighted by atomic mass is 10.1. The predicted octanol–water partition coefficient (Wildman–Crippen LogP) is 1.65. The zero-order chi connectivity index (χ0) is 13.9. The van der Waals surface area contributed by atoms with Crippen LogP contribution in [0.15, 0.2) is 47.6 Å². The minimum Gasteiger partial charge on any atom is -0.326 e. The number of rotatable bonds is 4. The minimum absolute atomic E-state index is 0.243. The molecule has 0 fully saturated rings. The molecule has 0 radical (unpaired) electrons. The third-order valence-electron chi connectivity index (χ3n) is 2.84. The second-order valence-electron chi connectivity index (χ2n) is 4.09. The van der Waals surface area contributed by atoms with E-state index >= 15 is 0 Å². The molecule has 5 nitrogen and oxygen atoms in total. The van der Waals surface area contributed by atoms with E-state index in [9.17, 15) is 8.42 Å². The van der Waals surface area contributed by atoms with Gasteiger partial charge in [-0.25, -0.2) is 8.42 Å². The molecule has 0 aliphatic heterocycles. The smallest absolute Gasteiger partial charge is 0.262 e. The predicted molar refractivity (Wildman–Crippen MR) is 74.1 cm³/mol. The van der Waals surface area contributed by atoms with Gasteiger partial charge in [-0.3, -0.25) is 9.71 Å². The Morgan fingerprint density at radius 3 is 2.53 bits per heavy atom. The van der Waals surface area contributed by atoms with E-state index in [1.54, 1.807) is 31.2 Å². The molecule has 0 aliphatic rings. The average Bonchev–Trinajstić information content (AvgIpc) is 2.39. The molecule has 1 aromatic heterocycles. The highest BCUT2D eigenvalue weighted by Crippen LogP contribution is 2.21. The van der Waals surface area contributed by atoms with Crippen LogP contribution in [0.2, 0.25) is 0 Å². The van der Waals surface area contributed by atoms with Crippen molar-refractivity contribution in [2.75, 3.05) is 4.72 Å². The summed E-state index contributed by atoms with van der Waals surface area (Å²) in [6.45, 7) is 2.06. The number of hydrogen-bond donors (Lipinski definition) is 2. The van der Waals surface area contributed by atoms with Gasteiger partial charge >= 0.3 is 0 Å². The zero-order valence-corrected chi connectivity index (χ0v) is 11.3. The molecule has 0 saturated carbocycles. The molecule has 1 heterocycles. The maximum atomic E-state index is 12.3. The van der Waals surface area contributed by atoms with Gasteiger partial charge in [0, 0.05) is 18.9 Å². The van der Waals surface area contributed by atoms with Gasteiger partial charge in [0.15, 0.2) is 0 Å². The molecule has 19 heavy (non-hydrogen) atoms. The summed E-state index contributed by atoms with van der Waals surface area (Å²) >= 11 is 0. The van der Waals surface area contributed by atoms with E-state index in [1.807, 2.05) is 6.07 Å². The summed E-state index contributed by atoms with van der Waals surface area (Å²) in [6, 6.07) is 8.27. The number of nitrogens with one attached hydrogen (secondary N) is 1. The lowest BCUT2D eigenvalue weighted by Crippen LogP contribution is -2.15. The fraction of sp³-hybridized carbons (Fsp3) is 0.154. The van der Waals surface area contributed by atoms with E-state index in [-0.39, 0.29) is 4.90 Å². The van der Waals surface area contributed by atoms with Crippen molar-refractivity contribution in [3.05, 3.63) is 53.9 Å². The number of nitrogens with zero attached hydrogens (tertiary/aromatic N) is 1. The van der Waals surface area contributed by atoms with Gasteiger partial charge in [0.25, 0.3) is 10.0 Å². The Morgan fingerprint density at radius 2 is 1.89 bits per heavy atom. The second kappa shape index (κ2) is 5.38. The molecule has 3 N–H and O–H groups in total. The number of benzene rings is 1. The van der Waals surface area contributed by atoms with Crippen LogP contribution < -0.4 is 10.5 Å². The van der Waals surface area contributed by atoms with Crippen LogP contribution in [-0.2, 0) is 16.6 Å². The first-order valence-electron chi connectivity index (χ1n) is 5.76. The Kier molecular flexibility index (Phi) is 3.82. The maximum absolute atomic E-state index is 12.3. The zero-order valence-electron chi connectivity index (χ0n) is 10.5. The van der Waals surface area contributed by atoms with Gasteiger partial charge < -0.3 is 5.73 Å². The van der Waals surface area contributed by atoms with Crippen molar-refractivity contribution in [3.63, 3.8) is 0 Å². The van der Waals surface area contributed by atoms with Crippen LogP contribution in [0.3, 0.4) is 0 Å². The van der Waals surface area contributed by atoms with Crippen LogP contribution in [0, 0.1) is 6.92 Å². The Bertz CT molecular complexity index is 670. The second-order valence-corrected chi connectivity index (χ2v) is 5.74. The highest BCUT2D eigenvalue weighted by atomic mass is 32.2. The van der Waals surface area contributed by atoms with Crippen molar-refractivity contribution in [3.8, 4) is 0 Å². The highest BCUT2D eigenvalue weighted by Gasteiger charge is 2.18. The summed E-state index contributed by atoms with van der Waals surface area (Å²) in [4.78, 5) is 4.08. The summed E-state index contributed by atoms with van der Waals surface area (Å²) in [7, 11) is -3.61. The maximum Gasteiger partial charge on any atom is 0.262 e. The molecule has 1 aromatic carbocycles. The molecule has 2 aromatic rings. The molecule has 6 heteroatoms. The fourth-order valence-corrected chi connectivity index (χ4v) is 3.15. The molecule has 0 saturated heterocycles. The van der Waals surface area contributed by atoms with Crippen molar-refractivity contribution in [1.82, 2.24) is 4.98 Å². The third kappa shape index (κ3) is 2.91. The lowest BCUT2D eigenvalue weighted by molar-refractivity contribution is 0.600. The van der Waals surface area contributed by atoms with E-state index < -0.39 is 10.0 Å². The van der Waals surface area contributed by atoms with Gasteiger partial charge in [-0.15, -0.1) is 0 Å². The number of hydrogen-bond acceptors (Lipinski definition) is 4. The molecule has 0 atom stereocenters. The summed E-state index contributed by atoms with van der Waals surface area (Å²) in [6.07, 6.45) is 3.06. The quantitative estimate of drug-likeness (QED) is 0.889. The molecule has 0 bridgehead atoms. The lowest BCUT2D eigenvalue weighted by Gasteiger charge is -2.12. The number of aromatic nitrogens is 1. The van der Waals surface area contributed by atoms with E-state index in [0.717, 1.165) is 5.56 Å². The van der Waals surface area contributed by atoms with E-state index in [1.165, 1.54) is 12.4 Å². The third-order valence-corrected chi connectivity index (χ3v) is 4.36. The van der Waals surface area contributed by atoms with Crippen molar-refractivity contribution >= 4 is 15.7 Å². The standard InChI is InChI=1S/C13H15N3O2S/c1-10-11(9-14)3-2-4-13(10)19(17,18)16-12-5-7-15-8-6-12/h2-8H,9,14H2,1H3,(H,15,16). The summed E-state index contributed by atoms with van der Waals surface area (Å²) < 4.78 is 27.2. The van der Waals surface area contributed by atoms with Crippen molar-refractivity contribution in [2.45, 2.75) is 18.4 Å². The van der Waals surface area contributed by atoms with Gasteiger partial charge in [-0.05, 0) is 36.2 Å². The molecule has 0 unspecified atom stereocenters. The summed E-state index contributed by atoms with van der Waals surface area (Å²) in [5.41, 5.74) is 7.56. The van der Waals surface area contributed by atoms with E-state index in [2.05, 4.69) is 9.71 Å². The molecule has 2 rings (SSSR count). The number of pyridine rings is 1. The molecule has 0 spiro atoms. The Morgan fingerprint density at radius 1 is 1.21 bits per heavy atom. The van der Waals surface area contributed by atoms with Crippen LogP contribution in [-0.4, -0.2) is 13.4 Å². The van der Waals surface area contributed by atoms with Crippen molar-refractivity contribution in [2.24, 2.45) is 5.73 Å². The van der Waals surface area contributed by atoms with Gasteiger partial charge in [-0.1, -0.05) is 12.1 Å². The van der Waals surface area contributed by atoms with Crippen LogP contribution in [0.4, 0.5) is 5.69 Å². The SMILES string of the molecule is Cc1c(CN)cccc1S(=O)(=O)Nc1ccncc1. The van der Waals surface area contributed by atoms with Crippen molar-refractivity contribution in [1.29, 1.82) is 0 Å². The van der Waals surface area contributed by atoms with Gasteiger partial charge in [0.2, 0.25) is 0 Å². The Labute approximate surface area is 112 Å². The summed E-state index contributed by atoms with van der Waals surface area (Å²) in [5, 5.41) is 0. The van der Waals surface area contributed by atoms with Gasteiger partial charge in [-0.2, -0.15) is 0 Å². The molecule has 100 valence electrons. The molecular formula is C13H15N3O2S. The first-order chi connectivity index (χ1) is 9.04. The van der Waals surface area contributed by atoms with Crippen LogP contribution >= 0.6 is 0 Å². The monoisotopic (exact) mass is 277 g/mol. The van der Waals surface area contributed by atoms with E-state index in [0.29, 0.717) is 17.8 Å². The first kappa shape index (κ1) is 13.5. The number of anilines is 1. The highest BCUT2D eigenvalue weighted by molar-refractivity contribution is 7.92. The molecular weight excluding hydrogens is 262 g/mol. The Hall–Kier alpha value is -1.92. The summed E-state index contributed by atoms with van der Waals surface area (Å²) in [5.74, 6) is 0. The van der Waals surface area contributed by atoms with Gasteiger partial charge in [0.1, 0.15) is 0 Å². The van der Waals surface area contributed by atoms with Crippen LogP contribution in [0.5, 0.6) is 0 Å². The van der Waals surface area contributed by atoms with Crippen LogP contribution in [0.25, 0.3) is 0 Å². The van der Waals surface area contributed by atoms with Gasteiger partial charge in [0.05, 0.1) is 10.6 Å². The minimum atomic E-state index is -3.61. The largest absolute Gasteiger partial charge is 0.326 e. The average molecular weight is 277 g/mol. The molecule has 0 amide bonds. The van der Waals surface area contributed by atoms with Crippen LogP contribution in [0.1, 0.15) is 11.1 Å². The van der Waals surface area contributed by atoms with Crippen molar-refractivity contribution < 1.29 is 8.42 Å². The topological polar surface area (TPSA) is 85.1 Å². The first-order valence-corrected chi connectivity index (χ1v) is 7.24. The normalized spacial score (nSPS) is 11.3. The fourth-order valence-electron chi connectivity index (χ4n) is 1.80. The molecule has 0 aliphatic carbocycles. The number of sulfonamides is 1.